The number of hydrogen-bond acceptors (Lipinski definition) is 3. The molecule has 1 heterocycles. The molecule has 2 rings (SSSR count). The van der Waals surface area contributed by atoms with Crippen molar-refractivity contribution in [2.45, 2.75) is 32.2 Å². The van der Waals surface area contributed by atoms with Gasteiger partial charge in [-0.1, -0.05) is 31.5 Å². The second kappa shape index (κ2) is 5.99. The first-order valence-electron chi connectivity index (χ1n) is 6.99. The third-order valence-electron chi connectivity index (χ3n) is 3.61. The summed E-state index contributed by atoms with van der Waals surface area (Å²) < 4.78 is 4.81. The predicted octanol–water partition coefficient (Wildman–Crippen LogP) is 2.63. The molecule has 1 atom stereocenters. The lowest BCUT2D eigenvalue weighted by molar-refractivity contribution is -0.147. The normalized spacial score (nSPS) is 13.7. The van der Waals surface area contributed by atoms with Crippen molar-refractivity contribution in [1.29, 1.82) is 0 Å². The first-order valence-corrected chi connectivity index (χ1v) is 6.99. The van der Waals surface area contributed by atoms with E-state index in [1.54, 1.807) is 13.1 Å². The van der Waals surface area contributed by atoms with E-state index in [9.17, 15) is 9.59 Å². The molecule has 0 bridgehead atoms. The van der Waals surface area contributed by atoms with Gasteiger partial charge < -0.3 is 15.0 Å². The van der Waals surface area contributed by atoms with Crippen molar-refractivity contribution in [2.75, 3.05) is 7.11 Å². The van der Waals surface area contributed by atoms with Crippen LogP contribution in [0.2, 0.25) is 0 Å². The highest BCUT2D eigenvalue weighted by Crippen LogP contribution is 2.20. The summed E-state index contributed by atoms with van der Waals surface area (Å²) in [5, 5.41) is 3.64. The number of esters is 1. The third kappa shape index (κ3) is 2.91. The van der Waals surface area contributed by atoms with Crippen molar-refractivity contribution in [2.24, 2.45) is 0 Å². The minimum absolute atomic E-state index is 0.284. The second-order valence-electron chi connectivity index (χ2n) is 5.28. The van der Waals surface area contributed by atoms with Gasteiger partial charge in [-0.05, 0) is 19.4 Å². The number of aromatic amines is 1. The van der Waals surface area contributed by atoms with Gasteiger partial charge in [-0.15, -0.1) is 0 Å². The fourth-order valence-corrected chi connectivity index (χ4v) is 2.52. The summed E-state index contributed by atoms with van der Waals surface area (Å²) in [7, 11) is 1.33. The lowest BCUT2D eigenvalue weighted by Crippen LogP contribution is -2.52. The SMILES string of the molecule is CCCC(C)(NC(=O)c1c[nH]c2ccccc12)C(=O)OC. The Bertz CT molecular complexity index is 662. The zero-order valence-corrected chi connectivity index (χ0v) is 12.5. The Labute approximate surface area is 123 Å². The van der Waals surface area contributed by atoms with Gasteiger partial charge in [0.2, 0.25) is 0 Å². The van der Waals surface area contributed by atoms with E-state index in [0.717, 1.165) is 17.3 Å². The zero-order chi connectivity index (χ0) is 15.5. The fraction of sp³-hybridized carbons (Fsp3) is 0.375. The van der Waals surface area contributed by atoms with Gasteiger partial charge in [-0.3, -0.25) is 4.79 Å². The number of fused-ring (bicyclic) bond motifs is 1. The highest BCUT2D eigenvalue weighted by atomic mass is 16.5. The van der Waals surface area contributed by atoms with Crippen molar-refractivity contribution in [3.63, 3.8) is 0 Å². The van der Waals surface area contributed by atoms with Crippen LogP contribution in [0, 0.1) is 0 Å². The Balaban J connectivity index is 2.29. The van der Waals surface area contributed by atoms with Gasteiger partial charge in [0, 0.05) is 17.1 Å². The van der Waals surface area contributed by atoms with Crippen LogP contribution in [-0.2, 0) is 9.53 Å². The van der Waals surface area contributed by atoms with Crippen LogP contribution in [0.25, 0.3) is 10.9 Å². The Kier molecular flexibility index (Phi) is 4.31. The predicted molar refractivity (Wildman–Crippen MR) is 81.1 cm³/mol. The second-order valence-corrected chi connectivity index (χ2v) is 5.28. The average Bonchev–Trinajstić information content (AvgIpc) is 2.90. The average molecular weight is 288 g/mol. The molecule has 0 fully saturated rings. The number of para-hydroxylation sites is 1. The monoisotopic (exact) mass is 288 g/mol. The summed E-state index contributed by atoms with van der Waals surface area (Å²) in [6.45, 7) is 3.65. The zero-order valence-electron chi connectivity index (χ0n) is 12.5. The third-order valence-corrected chi connectivity index (χ3v) is 3.61. The Morgan fingerprint density at radius 3 is 2.71 bits per heavy atom. The van der Waals surface area contributed by atoms with Gasteiger partial charge in [0.1, 0.15) is 5.54 Å². The molecule has 1 aromatic carbocycles. The smallest absolute Gasteiger partial charge is 0.331 e. The summed E-state index contributed by atoms with van der Waals surface area (Å²) in [6.07, 6.45) is 2.94. The molecular formula is C16H20N2O3. The number of aromatic nitrogens is 1. The van der Waals surface area contributed by atoms with Crippen LogP contribution in [0.5, 0.6) is 0 Å². The summed E-state index contributed by atoms with van der Waals surface area (Å²) in [4.78, 5) is 27.5. The molecule has 0 aliphatic rings. The van der Waals surface area contributed by atoms with Crippen LogP contribution in [0.1, 0.15) is 37.0 Å². The fourth-order valence-electron chi connectivity index (χ4n) is 2.52. The van der Waals surface area contributed by atoms with Gasteiger partial charge in [0.15, 0.2) is 0 Å². The number of ether oxygens (including phenoxy) is 1. The number of carbonyl (C=O) groups excluding carboxylic acids is 2. The molecule has 1 amide bonds. The molecule has 1 unspecified atom stereocenters. The van der Waals surface area contributed by atoms with E-state index >= 15 is 0 Å². The minimum atomic E-state index is -1.01. The lowest BCUT2D eigenvalue weighted by Gasteiger charge is -2.27. The molecule has 0 saturated carbocycles. The standard InChI is InChI=1S/C16H20N2O3/c1-4-9-16(2,15(20)21-3)18-14(19)12-10-17-13-8-6-5-7-11(12)13/h5-8,10,17H,4,9H2,1-3H3,(H,18,19). The van der Waals surface area contributed by atoms with Crippen molar-refractivity contribution < 1.29 is 14.3 Å². The van der Waals surface area contributed by atoms with E-state index in [0.29, 0.717) is 12.0 Å². The molecule has 0 aliphatic carbocycles. The molecule has 1 aromatic heterocycles. The topological polar surface area (TPSA) is 71.2 Å². The maximum absolute atomic E-state index is 12.5. The lowest BCUT2D eigenvalue weighted by atomic mass is 9.95. The number of amides is 1. The van der Waals surface area contributed by atoms with Crippen LogP contribution < -0.4 is 5.32 Å². The van der Waals surface area contributed by atoms with Crippen LogP contribution >= 0.6 is 0 Å². The van der Waals surface area contributed by atoms with Gasteiger partial charge in [0.05, 0.1) is 12.7 Å². The number of rotatable bonds is 5. The first kappa shape index (κ1) is 15.1. The number of H-pyrrole nitrogens is 1. The number of methoxy groups -OCH3 is 1. The largest absolute Gasteiger partial charge is 0.467 e. The number of carbonyl (C=O) groups is 2. The quantitative estimate of drug-likeness (QED) is 0.831. The highest BCUT2D eigenvalue weighted by molar-refractivity contribution is 6.08. The van der Waals surface area contributed by atoms with E-state index in [1.165, 1.54) is 7.11 Å². The summed E-state index contributed by atoms with van der Waals surface area (Å²) >= 11 is 0. The van der Waals surface area contributed by atoms with E-state index < -0.39 is 11.5 Å². The van der Waals surface area contributed by atoms with Gasteiger partial charge in [-0.2, -0.15) is 0 Å². The van der Waals surface area contributed by atoms with Crippen LogP contribution in [0.3, 0.4) is 0 Å². The Hall–Kier alpha value is -2.30. The molecule has 0 spiro atoms. The first-order chi connectivity index (χ1) is 10.0. The van der Waals surface area contributed by atoms with Gasteiger partial charge in [0.25, 0.3) is 5.91 Å². The molecule has 21 heavy (non-hydrogen) atoms. The highest BCUT2D eigenvalue weighted by Gasteiger charge is 2.35. The Morgan fingerprint density at radius 1 is 1.33 bits per heavy atom. The summed E-state index contributed by atoms with van der Waals surface area (Å²) in [5.41, 5.74) is 0.397. The van der Waals surface area contributed by atoms with Crippen molar-refractivity contribution in [3.05, 3.63) is 36.0 Å². The molecule has 5 heteroatoms. The van der Waals surface area contributed by atoms with Crippen LogP contribution in [0.15, 0.2) is 30.5 Å². The van der Waals surface area contributed by atoms with Crippen LogP contribution in [-0.4, -0.2) is 29.5 Å². The van der Waals surface area contributed by atoms with Crippen molar-refractivity contribution in [3.8, 4) is 0 Å². The summed E-state index contributed by atoms with van der Waals surface area (Å²) in [6, 6.07) is 7.54. The maximum atomic E-state index is 12.5. The number of benzene rings is 1. The van der Waals surface area contributed by atoms with Gasteiger partial charge in [-0.25, -0.2) is 4.79 Å². The Morgan fingerprint density at radius 2 is 2.05 bits per heavy atom. The van der Waals surface area contributed by atoms with E-state index in [2.05, 4.69) is 10.3 Å². The van der Waals surface area contributed by atoms with E-state index in [4.69, 9.17) is 4.74 Å². The molecule has 0 aliphatic heterocycles. The molecule has 112 valence electrons. The van der Waals surface area contributed by atoms with Crippen LogP contribution in [0.4, 0.5) is 0 Å². The number of nitrogens with one attached hydrogen (secondary N) is 2. The van der Waals surface area contributed by atoms with Crippen molar-refractivity contribution >= 4 is 22.8 Å². The maximum Gasteiger partial charge on any atom is 0.331 e. The molecule has 2 N–H and O–H groups in total. The van der Waals surface area contributed by atoms with E-state index in [-0.39, 0.29) is 5.91 Å². The number of hydrogen-bond donors (Lipinski definition) is 2. The molecule has 0 radical (unpaired) electrons. The van der Waals surface area contributed by atoms with Crippen molar-refractivity contribution in [1.82, 2.24) is 10.3 Å². The van der Waals surface area contributed by atoms with Gasteiger partial charge >= 0.3 is 5.97 Å². The minimum Gasteiger partial charge on any atom is -0.467 e. The molecule has 2 aromatic rings. The van der Waals surface area contributed by atoms with E-state index in [1.807, 2.05) is 31.2 Å². The summed E-state index contributed by atoms with van der Waals surface area (Å²) in [5.74, 6) is -0.716. The molecule has 0 saturated heterocycles. The molecule has 5 nitrogen and oxygen atoms in total. The molecular weight excluding hydrogens is 268 g/mol.